The van der Waals surface area contributed by atoms with Gasteiger partial charge in [0.2, 0.25) is 11.2 Å². The maximum absolute atomic E-state index is 13.2. The molecule has 0 aliphatic carbocycles. The first-order valence-electron chi connectivity index (χ1n) is 11.8. The van der Waals surface area contributed by atoms with Crippen molar-refractivity contribution in [3.8, 4) is 45.6 Å². The molecule has 9 nitrogen and oxygen atoms in total. The fourth-order valence-electron chi connectivity index (χ4n) is 4.78. The minimum atomic E-state index is -0.935. The van der Waals surface area contributed by atoms with Crippen LogP contribution in [0.15, 0.2) is 80.4 Å². The molecule has 0 aliphatic heterocycles. The van der Waals surface area contributed by atoms with Crippen LogP contribution in [0.3, 0.4) is 0 Å². The highest BCUT2D eigenvalue weighted by atomic mass is 16.5. The minimum Gasteiger partial charge on any atom is -0.507 e. The van der Waals surface area contributed by atoms with Crippen LogP contribution >= 0.6 is 0 Å². The van der Waals surface area contributed by atoms with Gasteiger partial charge in [-0.25, -0.2) is 0 Å². The van der Waals surface area contributed by atoms with Crippen molar-refractivity contribution in [3.05, 3.63) is 82.5 Å². The third-order valence-electron chi connectivity index (χ3n) is 6.67. The predicted octanol–water partition coefficient (Wildman–Crippen LogP) is 5.56. The fraction of sp³-hybridized carbons (Fsp3) is 0.0667. The number of hydrogen-bond donors (Lipinski definition) is 4. The van der Waals surface area contributed by atoms with Crippen LogP contribution < -0.4 is 5.43 Å². The summed E-state index contributed by atoms with van der Waals surface area (Å²) >= 11 is 0. The first-order valence-corrected chi connectivity index (χ1v) is 11.8. The van der Waals surface area contributed by atoms with E-state index in [1.807, 2.05) is 42.5 Å². The van der Waals surface area contributed by atoms with E-state index in [0.29, 0.717) is 16.9 Å². The Hall–Kier alpha value is -5.44. The summed E-state index contributed by atoms with van der Waals surface area (Å²) in [5.41, 5.74) is 0.147. The Morgan fingerprint density at radius 1 is 0.769 bits per heavy atom. The zero-order chi connectivity index (χ0) is 27.4. The summed E-state index contributed by atoms with van der Waals surface area (Å²) in [5, 5.41) is 42.9. The Morgan fingerprint density at radius 2 is 1.49 bits per heavy atom. The van der Waals surface area contributed by atoms with E-state index >= 15 is 0 Å². The highest BCUT2D eigenvalue weighted by Gasteiger charge is 2.27. The number of carbonyl (C=O) groups is 1. The van der Waals surface area contributed by atoms with Gasteiger partial charge in [-0.1, -0.05) is 36.4 Å². The van der Waals surface area contributed by atoms with Crippen LogP contribution in [0.2, 0.25) is 0 Å². The maximum Gasteiger partial charge on any atom is 0.310 e. The molecule has 9 heteroatoms. The Morgan fingerprint density at radius 3 is 2.23 bits per heavy atom. The molecule has 194 valence electrons. The number of ether oxygens (including phenoxy) is 1. The Balaban J connectivity index is 1.72. The van der Waals surface area contributed by atoms with Crippen molar-refractivity contribution < 1.29 is 38.8 Å². The van der Waals surface area contributed by atoms with Crippen LogP contribution in [-0.4, -0.2) is 33.5 Å². The molecule has 0 aliphatic rings. The van der Waals surface area contributed by atoms with E-state index < -0.39 is 34.4 Å². The minimum absolute atomic E-state index is 0.0889. The van der Waals surface area contributed by atoms with Crippen molar-refractivity contribution in [2.75, 3.05) is 7.11 Å². The monoisotopic (exact) mass is 524 g/mol. The number of benzene rings is 4. The van der Waals surface area contributed by atoms with Crippen molar-refractivity contribution in [1.82, 2.24) is 0 Å². The summed E-state index contributed by atoms with van der Waals surface area (Å²) in [4.78, 5) is 25.8. The lowest BCUT2D eigenvalue weighted by Crippen LogP contribution is -2.06. The number of carbonyl (C=O) groups excluding carboxylic acids is 1. The Bertz CT molecular complexity index is 2010. The van der Waals surface area contributed by atoms with Gasteiger partial charge in [0, 0.05) is 22.8 Å². The lowest BCUT2D eigenvalue weighted by atomic mass is 9.99. The van der Waals surface area contributed by atoms with Gasteiger partial charge in [-0.2, -0.15) is 0 Å². The molecule has 4 N–H and O–H groups in total. The third kappa shape index (κ3) is 3.79. The molecule has 0 spiro atoms. The van der Waals surface area contributed by atoms with Crippen LogP contribution in [0.5, 0.6) is 23.0 Å². The second kappa shape index (κ2) is 8.84. The molecule has 0 bridgehead atoms. The molecule has 0 fully saturated rings. The van der Waals surface area contributed by atoms with E-state index in [1.165, 1.54) is 25.3 Å². The number of furan rings is 1. The fourth-order valence-corrected chi connectivity index (χ4v) is 4.78. The van der Waals surface area contributed by atoms with Gasteiger partial charge >= 0.3 is 5.97 Å². The number of phenolic OH excluding ortho intramolecular Hbond substituents is 3. The summed E-state index contributed by atoms with van der Waals surface area (Å²) in [7, 11) is 1.25. The Labute approximate surface area is 219 Å². The van der Waals surface area contributed by atoms with E-state index in [9.17, 15) is 30.0 Å². The normalized spacial score (nSPS) is 11.4. The molecule has 2 aromatic heterocycles. The summed E-state index contributed by atoms with van der Waals surface area (Å²) in [6, 6.07) is 18.2. The quantitative estimate of drug-likeness (QED) is 0.171. The number of aromatic hydroxyl groups is 4. The van der Waals surface area contributed by atoms with E-state index in [4.69, 9.17) is 13.6 Å². The molecule has 0 saturated carbocycles. The highest BCUT2D eigenvalue weighted by molar-refractivity contribution is 6.10. The standard InChI is InChI=1S/C30H20O9/c1-37-23(34)12-18-24-22(38-28(18)16-7-6-14-4-2-3-5-15(14)10-16)13-21(33)25-26(35)27(36)29(39-30(24)25)17-8-9-19(31)20(32)11-17/h2-11,13,31-33,36H,12H2,1H3. The second-order valence-corrected chi connectivity index (χ2v) is 9.01. The van der Waals surface area contributed by atoms with E-state index in [0.717, 1.165) is 16.8 Å². The maximum atomic E-state index is 13.2. The molecule has 2 heterocycles. The highest BCUT2D eigenvalue weighted by Crippen LogP contribution is 2.44. The number of rotatable bonds is 4. The van der Waals surface area contributed by atoms with E-state index in [-0.39, 0.29) is 39.7 Å². The van der Waals surface area contributed by atoms with E-state index in [1.54, 1.807) is 0 Å². The number of methoxy groups -OCH3 is 1. The topological polar surface area (TPSA) is 151 Å². The molecule has 0 radical (unpaired) electrons. The lowest BCUT2D eigenvalue weighted by Gasteiger charge is -2.09. The first-order chi connectivity index (χ1) is 18.8. The van der Waals surface area contributed by atoms with Gasteiger partial charge in [0.05, 0.1) is 18.9 Å². The molecular formula is C30H20O9. The molecular weight excluding hydrogens is 504 g/mol. The van der Waals surface area contributed by atoms with Crippen molar-refractivity contribution in [1.29, 1.82) is 0 Å². The third-order valence-corrected chi connectivity index (χ3v) is 6.67. The average molecular weight is 524 g/mol. The zero-order valence-electron chi connectivity index (χ0n) is 20.4. The molecule has 0 unspecified atom stereocenters. The number of esters is 1. The first kappa shape index (κ1) is 23.9. The molecule has 6 rings (SSSR count). The van der Waals surface area contributed by atoms with Gasteiger partial charge < -0.3 is 34.0 Å². The van der Waals surface area contributed by atoms with Crippen molar-refractivity contribution in [2.45, 2.75) is 6.42 Å². The van der Waals surface area contributed by atoms with Crippen molar-refractivity contribution >= 4 is 38.7 Å². The number of fused-ring (bicyclic) bond motifs is 4. The SMILES string of the molecule is COC(=O)Cc1c(-c2ccc3ccccc3c2)oc2cc(O)c3c(=O)c(O)c(-c4ccc(O)c(O)c4)oc3c12. The predicted molar refractivity (Wildman–Crippen MR) is 143 cm³/mol. The van der Waals surface area contributed by atoms with Gasteiger partial charge in [0.15, 0.2) is 22.8 Å². The second-order valence-electron chi connectivity index (χ2n) is 9.01. The molecule has 39 heavy (non-hydrogen) atoms. The molecule has 0 atom stereocenters. The van der Waals surface area contributed by atoms with Crippen molar-refractivity contribution in [2.24, 2.45) is 0 Å². The summed E-state index contributed by atoms with van der Waals surface area (Å²) in [5.74, 6) is -2.79. The summed E-state index contributed by atoms with van der Waals surface area (Å²) in [6.07, 6.45) is -0.245. The van der Waals surface area contributed by atoms with E-state index in [2.05, 4.69) is 0 Å². The van der Waals surface area contributed by atoms with Gasteiger partial charge in [0.25, 0.3) is 0 Å². The van der Waals surface area contributed by atoms with Crippen LogP contribution in [0.1, 0.15) is 5.56 Å². The van der Waals surface area contributed by atoms with Crippen LogP contribution in [0, 0.1) is 0 Å². The van der Waals surface area contributed by atoms with Crippen LogP contribution in [0.25, 0.3) is 55.4 Å². The van der Waals surface area contributed by atoms with Gasteiger partial charge in [-0.05, 0) is 35.0 Å². The molecule has 0 saturated heterocycles. The molecule has 6 aromatic rings. The summed E-state index contributed by atoms with van der Waals surface area (Å²) in [6.45, 7) is 0. The van der Waals surface area contributed by atoms with Crippen LogP contribution in [0.4, 0.5) is 0 Å². The summed E-state index contributed by atoms with van der Waals surface area (Å²) < 4.78 is 17.1. The molecule has 4 aromatic carbocycles. The van der Waals surface area contributed by atoms with Crippen LogP contribution in [-0.2, 0) is 16.0 Å². The number of hydrogen-bond acceptors (Lipinski definition) is 9. The van der Waals surface area contributed by atoms with Gasteiger partial charge in [-0.3, -0.25) is 9.59 Å². The molecule has 0 amide bonds. The Kier molecular flexibility index (Phi) is 5.43. The van der Waals surface area contributed by atoms with Crippen molar-refractivity contribution in [3.63, 3.8) is 0 Å². The van der Waals surface area contributed by atoms with Gasteiger partial charge in [0.1, 0.15) is 22.5 Å². The van der Waals surface area contributed by atoms with Gasteiger partial charge in [-0.15, -0.1) is 0 Å². The largest absolute Gasteiger partial charge is 0.507 e. The number of phenols is 3. The smallest absolute Gasteiger partial charge is 0.310 e. The lowest BCUT2D eigenvalue weighted by molar-refractivity contribution is -0.139. The average Bonchev–Trinajstić information content (AvgIpc) is 3.29. The zero-order valence-corrected chi connectivity index (χ0v) is 20.4.